The monoisotopic (exact) mass is 399 g/mol. The fourth-order valence-electron chi connectivity index (χ4n) is 4.08. The molecule has 2 aromatic rings. The Kier molecular flexibility index (Phi) is 5.02. The van der Waals surface area contributed by atoms with Crippen LogP contribution in [-0.2, 0) is 13.0 Å². The summed E-state index contributed by atoms with van der Waals surface area (Å²) in [6.07, 6.45) is 1.76. The van der Waals surface area contributed by atoms with E-state index in [0.717, 1.165) is 59.2 Å². The molecule has 2 N–H and O–H groups in total. The number of carbonyl (C=O) groups excluding carboxylic acids is 1. The van der Waals surface area contributed by atoms with Gasteiger partial charge in [0.1, 0.15) is 5.82 Å². The largest absolute Gasteiger partial charge is 0.355 e. The molecule has 0 saturated carbocycles. The van der Waals surface area contributed by atoms with Crippen LogP contribution in [0.15, 0.2) is 12.1 Å². The van der Waals surface area contributed by atoms with E-state index in [1.54, 1.807) is 0 Å². The van der Waals surface area contributed by atoms with Crippen LogP contribution in [0.1, 0.15) is 45.0 Å². The molecule has 0 spiro atoms. The zero-order valence-electron chi connectivity index (χ0n) is 16.6. The van der Waals surface area contributed by atoms with Crippen LogP contribution in [-0.4, -0.2) is 46.5 Å². The van der Waals surface area contributed by atoms with Crippen molar-refractivity contribution in [1.29, 1.82) is 0 Å². The Morgan fingerprint density at radius 1 is 1.18 bits per heavy atom. The second-order valence-corrected chi connectivity index (χ2v) is 8.27. The summed E-state index contributed by atoms with van der Waals surface area (Å²) in [5.74, 6) is 0.972. The molecule has 2 aliphatic heterocycles. The maximum atomic E-state index is 13.2. The smallest absolute Gasteiger partial charge is 0.292 e. The number of carbonyl (C=O) groups is 1. The van der Waals surface area contributed by atoms with Crippen molar-refractivity contribution in [2.45, 2.75) is 46.2 Å². The molecule has 6 nitrogen and oxygen atoms in total. The minimum atomic E-state index is -0.127. The number of rotatable bonds is 2. The van der Waals surface area contributed by atoms with Crippen molar-refractivity contribution >= 4 is 23.3 Å². The van der Waals surface area contributed by atoms with Gasteiger partial charge in [0, 0.05) is 48.5 Å². The fourth-order valence-corrected chi connectivity index (χ4v) is 4.25. The Labute approximate surface area is 170 Å². The Morgan fingerprint density at radius 3 is 2.68 bits per heavy atom. The lowest BCUT2D eigenvalue weighted by Gasteiger charge is -2.30. The van der Waals surface area contributed by atoms with E-state index in [-0.39, 0.29) is 17.8 Å². The highest BCUT2D eigenvalue weighted by molar-refractivity contribution is 6.31. The molecule has 1 saturated heterocycles. The summed E-state index contributed by atoms with van der Waals surface area (Å²) in [5.41, 5.74) is 11.4. The third-order valence-corrected chi connectivity index (χ3v) is 6.41. The summed E-state index contributed by atoms with van der Waals surface area (Å²) in [4.78, 5) is 26.4. The minimum Gasteiger partial charge on any atom is -0.355 e. The fraction of sp³-hybridized carbons (Fsp3) is 0.476. The molecule has 1 aromatic carbocycles. The van der Waals surface area contributed by atoms with E-state index in [9.17, 15) is 4.79 Å². The second kappa shape index (κ2) is 7.33. The van der Waals surface area contributed by atoms with Gasteiger partial charge in [-0.25, -0.2) is 9.97 Å². The number of nitrogens with zero attached hydrogens (tertiary/aromatic N) is 4. The molecule has 1 atom stereocenters. The molecule has 148 valence electrons. The van der Waals surface area contributed by atoms with Crippen molar-refractivity contribution in [2.24, 2.45) is 5.73 Å². The van der Waals surface area contributed by atoms with Gasteiger partial charge in [0.15, 0.2) is 0 Å². The number of aromatic nitrogens is 2. The van der Waals surface area contributed by atoms with Gasteiger partial charge < -0.3 is 15.5 Å². The van der Waals surface area contributed by atoms with Crippen LogP contribution in [0, 0.1) is 20.8 Å². The topological polar surface area (TPSA) is 75.4 Å². The van der Waals surface area contributed by atoms with Crippen LogP contribution in [0.3, 0.4) is 0 Å². The summed E-state index contributed by atoms with van der Waals surface area (Å²) >= 11 is 6.29. The van der Waals surface area contributed by atoms with Gasteiger partial charge in [-0.05, 0) is 56.4 Å². The number of halogens is 1. The molecule has 1 amide bonds. The minimum absolute atomic E-state index is 0.127. The third-order valence-electron chi connectivity index (χ3n) is 6.00. The summed E-state index contributed by atoms with van der Waals surface area (Å²) < 4.78 is 0. The first-order valence-electron chi connectivity index (χ1n) is 9.77. The number of fused-ring (bicyclic) bond motifs is 1. The number of anilines is 1. The molecule has 1 aromatic heterocycles. The Bertz CT molecular complexity index is 945. The molecule has 28 heavy (non-hydrogen) atoms. The number of nitrogens with two attached hydrogens (primary N) is 1. The van der Waals surface area contributed by atoms with Crippen molar-refractivity contribution < 1.29 is 4.79 Å². The second-order valence-electron chi connectivity index (χ2n) is 7.86. The van der Waals surface area contributed by atoms with Crippen LogP contribution in [0.25, 0.3) is 0 Å². The summed E-state index contributed by atoms with van der Waals surface area (Å²) in [6, 6.07) is 4.15. The highest BCUT2D eigenvalue weighted by Crippen LogP contribution is 2.29. The maximum Gasteiger partial charge on any atom is 0.292 e. The van der Waals surface area contributed by atoms with E-state index < -0.39 is 0 Å². The Morgan fingerprint density at radius 2 is 1.96 bits per heavy atom. The number of benzene rings is 1. The average molecular weight is 400 g/mol. The molecule has 7 heteroatoms. The zero-order valence-corrected chi connectivity index (χ0v) is 17.4. The van der Waals surface area contributed by atoms with Gasteiger partial charge in [-0.1, -0.05) is 17.7 Å². The Balaban J connectivity index is 1.63. The quantitative estimate of drug-likeness (QED) is 0.840. The standard InChI is InChI=1S/C21H26ClN5O/c1-12-14(3)24-19(25-20(12)26-9-7-16(23)10-26)21(28)27-8-6-15-4-5-18(22)13(2)17(15)11-27/h4-5,16H,6-11,23H2,1-3H3/t16-/m1/s1. The molecule has 0 unspecified atom stereocenters. The molecule has 3 heterocycles. The predicted molar refractivity (Wildman–Crippen MR) is 111 cm³/mol. The van der Waals surface area contributed by atoms with Crippen molar-refractivity contribution in [3.8, 4) is 0 Å². The lowest BCUT2D eigenvalue weighted by Crippen LogP contribution is -2.38. The van der Waals surface area contributed by atoms with Gasteiger partial charge >= 0.3 is 0 Å². The van der Waals surface area contributed by atoms with Gasteiger partial charge in [-0.3, -0.25) is 4.79 Å². The molecule has 2 aliphatic rings. The Hall–Kier alpha value is -2.18. The molecule has 1 fully saturated rings. The third kappa shape index (κ3) is 3.35. The van der Waals surface area contributed by atoms with Gasteiger partial charge in [-0.15, -0.1) is 0 Å². The van der Waals surface area contributed by atoms with Crippen LogP contribution < -0.4 is 10.6 Å². The number of hydrogen-bond donors (Lipinski definition) is 1. The van der Waals surface area contributed by atoms with Gasteiger partial charge in [0.05, 0.1) is 0 Å². The first-order chi connectivity index (χ1) is 13.3. The first kappa shape index (κ1) is 19.2. The van der Waals surface area contributed by atoms with Crippen LogP contribution in [0.5, 0.6) is 0 Å². The van der Waals surface area contributed by atoms with E-state index >= 15 is 0 Å². The lowest BCUT2D eigenvalue weighted by molar-refractivity contribution is 0.0721. The molecule has 0 aliphatic carbocycles. The highest BCUT2D eigenvalue weighted by Gasteiger charge is 2.28. The molecular weight excluding hydrogens is 374 g/mol. The molecule has 4 rings (SSSR count). The van der Waals surface area contributed by atoms with Crippen molar-refractivity contribution in [3.63, 3.8) is 0 Å². The molecule has 0 bridgehead atoms. The van der Waals surface area contributed by atoms with E-state index in [1.165, 1.54) is 5.56 Å². The van der Waals surface area contributed by atoms with Crippen molar-refractivity contribution in [2.75, 3.05) is 24.5 Å². The van der Waals surface area contributed by atoms with Crippen LogP contribution >= 0.6 is 11.6 Å². The van der Waals surface area contributed by atoms with E-state index in [1.807, 2.05) is 31.7 Å². The maximum absolute atomic E-state index is 13.2. The summed E-state index contributed by atoms with van der Waals surface area (Å²) in [5, 5.41) is 0.739. The number of amides is 1. The average Bonchev–Trinajstić information content (AvgIpc) is 3.12. The highest BCUT2D eigenvalue weighted by atomic mass is 35.5. The molecule has 0 radical (unpaired) electrons. The van der Waals surface area contributed by atoms with Crippen molar-refractivity contribution in [3.05, 3.63) is 50.9 Å². The van der Waals surface area contributed by atoms with Gasteiger partial charge in [0.25, 0.3) is 5.91 Å². The zero-order chi connectivity index (χ0) is 20.0. The molecular formula is C21H26ClN5O. The van der Waals surface area contributed by atoms with Gasteiger partial charge in [-0.2, -0.15) is 0 Å². The predicted octanol–water partition coefficient (Wildman–Crippen LogP) is 2.79. The van der Waals surface area contributed by atoms with Gasteiger partial charge in [0.2, 0.25) is 5.82 Å². The van der Waals surface area contributed by atoms with E-state index in [0.29, 0.717) is 13.1 Å². The van der Waals surface area contributed by atoms with Crippen LogP contribution in [0.2, 0.25) is 5.02 Å². The normalized spacial score (nSPS) is 19.1. The number of hydrogen-bond acceptors (Lipinski definition) is 5. The first-order valence-corrected chi connectivity index (χ1v) is 10.1. The number of aryl methyl sites for hydroxylation is 1. The van der Waals surface area contributed by atoms with Crippen molar-refractivity contribution in [1.82, 2.24) is 14.9 Å². The SMILES string of the molecule is Cc1nc(C(=O)N2CCc3ccc(Cl)c(C)c3C2)nc(N2CC[C@@H](N)C2)c1C. The summed E-state index contributed by atoms with van der Waals surface area (Å²) in [7, 11) is 0. The van der Waals surface area contributed by atoms with Crippen LogP contribution in [0.4, 0.5) is 5.82 Å². The van der Waals surface area contributed by atoms with E-state index in [4.69, 9.17) is 17.3 Å². The van der Waals surface area contributed by atoms with E-state index in [2.05, 4.69) is 20.9 Å². The summed E-state index contributed by atoms with van der Waals surface area (Å²) in [6.45, 7) is 8.78. The lowest BCUT2D eigenvalue weighted by atomic mass is 9.95.